The number of aromatic nitrogens is 2. The molecule has 2 aromatic rings. The summed E-state index contributed by atoms with van der Waals surface area (Å²) in [6, 6.07) is 5.87. The molecule has 1 atom stereocenters. The summed E-state index contributed by atoms with van der Waals surface area (Å²) in [4.78, 5) is 12.5. The Hall–Kier alpha value is -2.22. The van der Waals surface area contributed by atoms with Gasteiger partial charge in [0, 0.05) is 6.54 Å². The van der Waals surface area contributed by atoms with Gasteiger partial charge in [0.05, 0.1) is 34.1 Å². The van der Waals surface area contributed by atoms with Crippen LogP contribution in [0.5, 0.6) is 0 Å². The van der Waals surface area contributed by atoms with Gasteiger partial charge in [0.25, 0.3) is 5.91 Å². The molecule has 134 valence electrons. The van der Waals surface area contributed by atoms with E-state index in [2.05, 4.69) is 10.4 Å². The van der Waals surface area contributed by atoms with Crippen molar-refractivity contribution < 1.29 is 17.6 Å². The van der Waals surface area contributed by atoms with Crippen LogP contribution in [0.1, 0.15) is 28.2 Å². The maximum absolute atomic E-state index is 13.1. The van der Waals surface area contributed by atoms with Gasteiger partial charge in [-0.3, -0.25) is 4.79 Å². The first-order valence-corrected chi connectivity index (χ1v) is 9.90. The first kappa shape index (κ1) is 17.6. The predicted octanol–water partition coefficient (Wildman–Crippen LogP) is 1.79. The van der Waals surface area contributed by atoms with Gasteiger partial charge in [-0.05, 0) is 50.5 Å². The standard InChI is InChI=1S/C17H20FN3O3S/c1-11-16(17(22)19-9-13-7-8-25(23,24)10-13)12(2)21(20-11)15-5-3-14(18)4-6-15/h3-6,13H,7-10H2,1-2H3,(H,19,22). The second kappa shape index (κ2) is 6.59. The van der Waals surface area contributed by atoms with Crippen molar-refractivity contribution in [3.63, 3.8) is 0 Å². The molecule has 0 bridgehead atoms. The van der Waals surface area contributed by atoms with Crippen LogP contribution in [0.3, 0.4) is 0 Å². The van der Waals surface area contributed by atoms with E-state index in [1.165, 1.54) is 12.1 Å². The number of halogens is 1. The zero-order valence-corrected chi connectivity index (χ0v) is 14.9. The van der Waals surface area contributed by atoms with Crippen molar-refractivity contribution in [1.82, 2.24) is 15.1 Å². The van der Waals surface area contributed by atoms with Crippen LogP contribution in [0, 0.1) is 25.6 Å². The van der Waals surface area contributed by atoms with Crippen LogP contribution in [-0.2, 0) is 9.84 Å². The van der Waals surface area contributed by atoms with Gasteiger partial charge in [-0.25, -0.2) is 17.5 Å². The summed E-state index contributed by atoms with van der Waals surface area (Å²) in [5.41, 5.74) is 2.35. The molecule has 25 heavy (non-hydrogen) atoms. The van der Waals surface area contributed by atoms with Gasteiger partial charge in [-0.1, -0.05) is 0 Å². The van der Waals surface area contributed by atoms with Crippen molar-refractivity contribution in [2.75, 3.05) is 18.1 Å². The van der Waals surface area contributed by atoms with E-state index in [1.54, 1.807) is 30.7 Å². The number of carbonyl (C=O) groups excluding carboxylic acids is 1. The molecule has 1 aliphatic rings. The number of amides is 1. The third-order valence-electron chi connectivity index (χ3n) is 4.47. The average molecular weight is 365 g/mol. The Labute approximate surface area is 146 Å². The highest BCUT2D eigenvalue weighted by molar-refractivity contribution is 7.91. The Bertz CT molecular complexity index is 904. The van der Waals surface area contributed by atoms with Crippen LogP contribution in [0.25, 0.3) is 5.69 Å². The van der Waals surface area contributed by atoms with E-state index in [4.69, 9.17) is 0 Å². The lowest BCUT2D eigenvalue weighted by molar-refractivity contribution is 0.0947. The number of sulfone groups is 1. The molecule has 2 heterocycles. The van der Waals surface area contributed by atoms with E-state index in [0.717, 1.165) is 0 Å². The van der Waals surface area contributed by atoms with Crippen molar-refractivity contribution in [2.24, 2.45) is 5.92 Å². The molecule has 1 fully saturated rings. The second-order valence-corrected chi connectivity index (χ2v) is 8.64. The molecule has 1 amide bonds. The highest BCUT2D eigenvalue weighted by Crippen LogP contribution is 2.20. The SMILES string of the molecule is Cc1nn(-c2ccc(F)cc2)c(C)c1C(=O)NCC1CCS(=O)(=O)C1. The number of aryl methyl sites for hydroxylation is 1. The number of nitrogens with one attached hydrogen (secondary N) is 1. The molecule has 0 saturated carbocycles. The molecule has 1 unspecified atom stereocenters. The van der Waals surface area contributed by atoms with Crippen LogP contribution in [0.15, 0.2) is 24.3 Å². The molecule has 1 saturated heterocycles. The molecule has 1 aromatic heterocycles. The van der Waals surface area contributed by atoms with E-state index < -0.39 is 9.84 Å². The topological polar surface area (TPSA) is 81.1 Å². The fourth-order valence-corrected chi connectivity index (χ4v) is 5.03. The molecule has 0 spiro atoms. The number of rotatable bonds is 4. The summed E-state index contributed by atoms with van der Waals surface area (Å²) < 4.78 is 37.7. The molecule has 0 aliphatic carbocycles. The summed E-state index contributed by atoms with van der Waals surface area (Å²) in [5.74, 6) is -0.335. The highest BCUT2D eigenvalue weighted by atomic mass is 32.2. The van der Waals surface area contributed by atoms with Crippen LogP contribution in [0.2, 0.25) is 0 Å². The Morgan fingerprint density at radius 2 is 2.00 bits per heavy atom. The van der Waals surface area contributed by atoms with E-state index in [-0.39, 0.29) is 29.1 Å². The lowest BCUT2D eigenvalue weighted by Gasteiger charge is -2.10. The number of nitrogens with zero attached hydrogens (tertiary/aromatic N) is 2. The largest absolute Gasteiger partial charge is 0.352 e. The van der Waals surface area contributed by atoms with Crippen molar-refractivity contribution in [3.05, 3.63) is 47.0 Å². The number of benzene rings is 1. The van der Waals surface area contributed by atoms with Gasteiger partial charge in [0.15, 0.2) is 9.84 Å². The van der Waals surface area contributed by atoms with Gasteiger partial charge in [0.1, 0.15) is 5.82 Å². The lowest BCUT2D eigenvalue weighted by Crippen LogP contribution is -2.30. The minimum absolute atomic E-state index is 0.0401. The lowest BCUT2D eigenvalue weighted by atomic mass is 10.1. The molecule has 6 nitrogen and oxygen atoms in total. The maximum atomic E-state index is 13.1. The first-order chi connectivity index (χ1) is 11.8. The maximum Gasteiger partial charge on any atom is 0.255 e. The van der Waals surface area contributed by atoms with E-state index in [9.17, 15) is 17.6 Å². The number of carbonyl (C=O) groups is 1. The molecule has 3 rings (SSSR count). The van der Waals surface area contributed by atoms with Crippen molar-refractivity contribution in [3.8, 4) is 5.69 Å². The van der Waals surface area contributed by atoms with E-state index in [0.29, 0.717) is 35.6 Å². The second-order valence-electron chi connectivity index (χ2n) is 6.41. The third-order valence-corrected chi connectivity index (χ3v) is 6.30. The Morgan fingerprint density at radius 1 is 1.32 bits per heavy atom. The molecule has 0 radical (unpaired) electrons. The van der Waals surface area contributed by atoms with Crippen molar-refractivity contribution in [1.29, 1.82) is 0 Å². The Balaban J connectivity index is 1.76. The van der Waals surface area contributed by atoms with Crippen LogP contribution >= 0.6 is 0 Å². The number of hydrogen-bond donors (Lipinski definition) is 1. The van der Waals surface area contributed by atoms with Gasteiger partial charge < -0.3 is 5.32 Å². The van der Waals surface area contributed by atoms with Crippen molar-refractivity contribution in [2.45, 2.75) is 20.3 Å². The Kier molecular flexibility index (Phi) is 4.64. The minimum atomic E-state index is -2.96. The van der Waals surface area contributed by atoms with Crippen LogP contribution in [0.4, 0.5) is 4.39 Å². The molecular weight excluding hydrogens is 345 g/mol. The molecule has 8 heteroatoms. The fourth-order valence-electron chi connectivity index (χ4n) is 3.16. The Morgan fingerprint density at radius 3 is 2.60 bits per heavy atom. The average Bonchev–Trinajstić information content (AvgIpc) is 3.05. The zero-order valence-electron chi connectivity index (χ0n) is 14.1. The highest BCUT2D eigenvalue weighted by Gasteiger charge is 2.28. The van der Waals surface area contributed by atoms with Gasteiger partial charge in [-0.15, -0.1) is 0 Å². The minimum Gasteiger partial charge on any atom is -0.352 e. The predicted molar refractivity (Wildman–Crippen MR) is 92.1 cm³/mol. The summed E-state index contributed by atoms with van der Waals surface area (Å²) in [7, 11) is -2.96. The summed E-state index contributed by atoms with van der Waals surface area (Å²) in [5, 5.41) is 7.19. The smallest absolute Gasteiger partial charge is 0.255 e. The summed E-state index contributed by atoms with van der Waals surface area (Å²) in [6.07, 6.45) is 0.579. The fraction of sp³-hybridized carbons (Fsp3) is 0.412. The summed E-state index contributed by atoms with van der Waals surface area (Å²) >= 11 is 0. The van der Waals surface area contributed by atoms with Gasteiger partial charge >= 0.3 is 0 Å². The van der Waals surface area contributed by atoms with Gasteiger partial charge in [0.2, 0.25) is 0 Å². The molecule has 1 aromatic carbocycles. The number of hydrogen-bond acceptors (Lipinski definition) is 4. The quantitative estimate of drug-likeness (QED) is 0.896. The van der Waals surface area contributed by atoms with E-state index >= 15 is 0 Å². The summed E-state index contributed by atoms with van der Waals surface area (Å²) in [6.45, 7) is 3.85. The normalized spacial score (nSPS) is 19.1. The molecule has 1 aliphatic heterocycles. The van der Waals surface area contributed by atoms with Crippen LogP contribution in [-0.4, -0.2) is 42.2 Å². The zero-order chi connectivity index (χ0) is 18.2. The third kappa shape index (κ3) is 3.73. The van der Waals surface area contributed by atoms with Gasteiger partial charge in [-0.2, -0.15) is 5.10 Å². The molecule has 1 N–H and O–H groups in total. The van der Waals surface area contributed by atoms with Crippen LogP contribution < -0.4 is 5.32 Å². The monoisotopic (exact) mass is 365 g/mol. The van der Waals surface area contributed by atoms with Crippen molar-refractivity contribution >= 4 is 15.7 Å². The first-order valence-electron chi connectivity index (χ1n) is 8.07. The van der Waals surface area contributed by atoms with E-state index in [1.807, 2.05) is 0 Å². The molecular formula is C17H20FN3O3S.